The Kier molecular flexibility index (Phi) is 63.6. The van der Waals surface area contributed by atoms with Gasteiger partial charge in [-0.1, -0.05) is 339 Å². The van der Waals surface area contributed by atoms with Crippen LogP contribution in [0.1, 0.15) is 367 Å². The van der Waals surface area contributed by atoms with E-state index in [0.717, 1.165) is 83.5 Å². The highest BCUT2D eigenvalue weighted by Gasteiger charge is 2.19. The summed E-state index contributed by atoms with van der Waals surface area (Å²) in [5, 5.41) is 0. The topological polar surface area (TPSA) is 78.9 Å². The Labute approximate surface area is 479 Å². The fourth-order valence-electron chi connectivity index (χ4n) is 10.3. The van der Waals surface area contributed by atoms with Crippen LogP contribution in [0.3, 0.4) is 0 Å². The number of hydrogen-bond acceptors (Lipinski definition) is 6. The van der Waals surface area contributed by atoms with E-state index in [2.05, 4.69) is 69.4 Å². The predicted octanol–water partition coefficient (Wildman–Crippen LogP) is 23.3. The van der Waals surface area contributed by atoms with Crippen LogP contribution in [0.15, 0.2) is 48.6 Å². The second-order valence-electron chi connectivity index (χ2n) is 23.1. The van der Waals surface area contributed by atoms with Gasteiger partial charge in [-0.2, -0.15) is 0 Å². The lowest BCUT2D eigenvalue weighted by Gasteiger charge is -2.18. The van der Waals surface area contributed by atoms with Crippen molar-refractivity contribution in [3.8, 4) is 0 Å². The van der Waals surface area contributed by atoms with Gasteiger partial charge in [-0.3, -0.25) is 14.4 Å². The molecule has 0 aromatic rings. The lowest BCUT2D eigenvalue weighted by atomic mass is 10.0. The Hall–Kier alpha value is -2.63. The second kappa shape index (κ2) is 65.9. The summed E-state index contributed by atoms with van der Waals surface area (Å²) in [4.78, 5) is 38.3. The minimum atomic E-state index is -0.769. The van der Waals surface area contributed by atoms with Gasteiger partial charge < -0.3 is 14.2 Å². The van der Waals surface area contributed by atoms with Crippen molar-refractivity contribution >= 4 is 17.9 Å². The largest absolute Gasteiger partial charge is 0.462 e. The molecule has 0 spiro atoms. The lowest BCUT2D eigenvalue weighted by molar-refractivity contribution is -0.167. The number of esters is 3. The van der Waals surface area contributed by atoms with Gasteiger partial charge in [0.25, 0.3) is 0 Å². The smallest absolute Gasteiger partial charge is 0.306 e. The van der Waals surface area contributed by atoms with Crippen molar-refractivity contribution in [3.05, 3.63) is 48.6 Å². The summed E-state index contributed by atoms with van der Waals surface area (Å²) in [7, 11) is 0. The molecule has 0 rings (SSSR count). The molecule has 0 aliphatic heterocycles. The van der Waals surface area contributed by atoms with E-state index < -0.39 is 6.10 Å². The zero-order valence-electron chi connectivity index (χ0n) is 51.7. The van der Waals surface area contributed by atoms with E-state index >= 15 is 0 Å². The molecule has 6 heteroatoms. The maximum Gasteiger partial charge on any atom is 0.306 e. The highest BCUT2D eigenvalue weighted by Crippen LogP contribution is 2.18. The van der Waals surface area contributed by atoms with Crippen molar-refractivity contribution in [2.75, 3.05) is 13.2 Å². The number of carbonyl (C=O) groups excluding carboxylic acids is 3. The Bertz CT molecular complexity index is 1330. The van der Waals surface area contributed by atoms with E-state index in [1.165, 1.54) is 244 Å². The molecule has 0 saturated heterocycles. The Morgan fingerprint density at radius 2 is 0.506 bits per heavy atom. The van der Waals surface area contributed by atoms with E-state index in [9.17, 15) is 14.4 Å². The lowest BCUT2D eigenvalue weighted by Crippen LogP contribution is -2.30. The Morgan fingerprint density at radius 1 is 0.273 bits per heavy atom. The first kappa shape index (κ1) is 74.4. The maximum absolute atomic E-state index is 12.9. The van der Waals surface area contributed by atoms with Crippen LogP contribution in [0, 0.1) is 0 Å². The molecule has 0 amide bonds. The van der Waals surface area contributed by atoms with E-state index in [1.54, 1.807) is 0 Å². The van der Waals surface area contributed by atoms with Crippen LogP contribution < -0.4 is 0 Å². The van der Waals surface area contributed by atoms with Crippen molar-refractivity contribution in [1.29, 1.82) is 0 Å². The summed E-state index contributed by atoms with van der Waals surface area (Å²) >= 11 is 0. The van der Waals surface area contributed by atoms with Crippen LogP contribution in [-0.4, -0.2) is 37.2 Å². The first-order chi connectivity index (χ1) is 38.0. The van der Waals surface area contributed by atoms with E-state index in [1.807, 2.05) is 0 Å². The van der Waals surface area contributed by atoms with E-state index in [-0.39, 0.29) is 31.1 Å². The van der Waals surface area contributed by atoms with Crippen molar-refractivity contribution in [2.45, 2.75) is 374 Å². The third-order valence-electron chi connectivity index (χ3n) is 15.3. The predicted molar refractivity (Wildman–Crippen MR) is 335 cm³/mol. The molecule has 0 heterocycles. The molecular weight excluding hydrogens is 949 g/mol. The molecular formula is C71H130O6. The van der Waals surface area contributed by atoms with Crippen LogP contribution in [0.4, 0.5) is 0 Å². The first-order valence-electron chi connectivity index (χ1n) is 34.1. The molecule has 0 N–H and O–H groups in total. The quantitative estimate of drug-likeness (QED) is 0.0261. The van der Waals surface area contributed by atoms with Gasteiger partial charge in [0.2, 0.25) is 0 Å². The van der Waals surface area contributed by atoms with Crippen molar-refractivity contribution < 1.29 is 28.6 Å². The van der Waals surface area contributed by atoms with Gasteiger partial charge >= 0.3 is 17.9 Å². The van der Waals surface area contributed by atoms with Crippen molar-refractivity contribution in [3.63, 3.8) is 0 Å². The molecule has 77 heavy (non-hydrogen) atoms. The molecule has 0 fully saturated rings. The van der Waals surface area contributed by atoms with E-state index in [4.69, 9.17) is 14.2 Å². The molecule has 0 aromatic heterocycles. The highest BCUT2D eigenvalue weighted by atomic mass is 16.6. The molecule has 0 aliphatic rings. The molecule has 0 saturated carbocycles. The van der Waals surface area contributed by atoms with Gasteiger partial charge in [-0.05, 0) is 57.8 Å². The summed E-state index contributed by atoms with van der Waals surface area (Å²) in [6.07, 6.45) is 82.8. The first-order valence-corrected chi connectivity index (χ1v) is 34.1. The standard InChI is InChI=1S/C71H130O6/c1-4-7-10-13-16-19-22-24-26-28-30-32-33-34-35-36-37-39-40-42-44-46-49-52-55-58-61-64-70(73)76-67-68(66-75-69(72)63-60-57-54-51-48-21-18-15-12-9-6-3)77-71(74)65-62-59-56-53-50-47-45-43-41-38-31-29-27-25-23-20-17-14-11-8-5-2/h7,10,16,19,24,26,30,32,68H,4-6,8-9,11-15,17-18,20-23,25,27-29,31,33-67H2,1-3H3/b10-7-,19-16-,26-24-,32-30-. The number of allylic oxidation sites excluding steroid dienone is 8. The minimum absolute atomic E-state index is 0.0665. The number of rotatable bonds is 63. The average molecular weight is 1080 g/mol. The highest BCUT2D eigenvalue weighted by molar-refractivity contribution is 5.71. The summed E-state index contributed by atoms with van der Waals surface area (Å²) in [5.74, 6) is -0.841. The van der Waals surface area contributed by atoms with Gasteiger partial charge in [-0.15, -0.1) is 0 Å². The fraction of sp³-hybridized carbons (Fsp3) is 0.845. The van der Waals surface area contributed by atoms with Gasteiger partial charge in [0.1, 0.15) is 13.2 Å². The van der Waals surface area contributed by atoms with Crippen LogP contribution in [0.25, 0.3) is 0 Å². The summed E-state index contributed by atoms with van der Waals surface area (Å²) in [6, 6.07) is 0. The number of carbonyl (C=O) groups is 3. The van der Waals surface area contributed by atoms with Crippen LogP contribution in [0.2, 0.25) is 0 Å². The molecule has 0 radical (unpaired) electrons. The molecule has 450 valence electrons. The monoisotopic (exact) mass is 1080 g/mol. The number of unbranched alkanes of at least 4 members (excludes halogenated alkanes) is 44. The molecule has 1 unspecified atom stereocenters. The number of ether oxygens (including phenoxy) is 3. The second-order valence-corrected chi connectivity index (χ2v) is 23.1. The van der Waals surface area contributed by atoms with E-state index in [0.29, 0.717) is 19.3 Å². The zero-order valence-corrected chi connectivity index (χ0v) is 51.7. The normalized spacial score (nSPS) is 12.3. The summed E-state index contributed by atoms with van der Waals surface area (Å²) < 4.78 is 17.0. The van der Waals surface area contributed by atoms with Gasteiger partial charge in [0, 0.05) is 19.3 Å². The number of hydrogen-bond donors (Lipinski definition) is 0. The third-order valence-corrected chi connectivity index (χ3v) is 15.3. The SMILES string of the molecule is CC/C=C\C/C=C\C/C=C\C/C=C\CCCCCCCCCCCCCCCCC(=O)OCC(COC(=O)CCCCCCCCCCCCC)OC(=O)CCCCCCCCCCCCCCCCCCCCCCC. The fourth-order valence-corrected chi connectivity index (χ4v) is 10.3. The molecule has 1 atom stereocenters. The maximum atomic E-state index is 12.9. The van der Waals surface area contributed by atoms with Crippen molar-refractivity contribution in [1.82, 2.24) is 0 Å². The molecule has 6 nitrogen and oxygen atoms in total. The van der Waals surface area contributed by atoms with Gasteiger partial charge in [-0.25, -0.2) is 0 Å². The van der Waals surface area contributed by atoms with Crippen molar-refractivity contribution in [2.24, 2.45) is 0 Å². The minimum Gasteiger partial charge on any atom is -0.462 e. The van der Waals surface area contributed by atoms with Crippen LogP contribution in [0.5, 0.6) is 0 Å². The average Bonchev–Trinajstić information content (AvgIpc) is 3.43. The summed E-state index contributed by atoms with van der Waals surface area (Å²) in [6.45, 7) is 6.59. The zero-order chi connectivity index (χ0) is 55.7. The molecule has 0 bridgehead atoms. The van der Waals surface area contributed by atoms with Gasteiger partial charge in [0.05, 0.1) is 0 Å². The Morgan fingerprint density at radius 3 is 0.792 bits per heavy atom. The third kappa shape index (κ3) is 64.1. The summed E-state index contributed by atoms with van der Waals surface area (Å²) in [5.41, 5.74) is 0. The molecule has 0 aliphatic carbocycles. The van der Waals surface area contributed by atoms with Gasteiger partial charge in [0.15, 0.2) is 6.10 Å². The van der Waals surface area contributed by atoms with Crippen LogP contribution in [-0.2, 0) is 28.6 Å². The van der Waals surface area contributed by atoms with Crippen LogP contribution >= 0.6 is 0 Å². The molecule has 0 aromatic carbocycles. The Balaban J connectivity index is 4.18.